The second kappa shape index (κ2) is 5.89. The summed E-state index contributed by atoms with van der Waals surface area (Å²) in [7, 11) is 0. The molecule has 5 nitrogen and oxygen atoms in total. The van der Waals surface area contributed by atoms with Crippen molar-refractivity contribution in [2.24, 2.45) is 0 Å². The van der Waals surface area contributed by atoms with Gasteiger partial charge in [-0.3, -0.25) is 9.59 Å². The summed E-state index contributed by atoms with van der Waals surface area (Å²) in [5, 5.41) is 0. The molecule has 92 valence electrons. The maximum atomic E-state index is 11.9. The third kappa shape index (κ3) is 3.48. The first-order chi connectivity index (χ1) is 8.08. The zero-order valence-electron chi connectivity index (χ0n) is 9.93. The summed E-state index contributed by atoms with van der Waals surface area (Å²) in [6, 6.07) is 2.87. The van der Waals surface area contributed by atoms with E-state index in [0.29, 0.717) is 18.8 Å². The molecule has 0 fully saturated rings. The van der Waals surface area contributed by atoms with Crippen molar-refractivity contribution in [2.45, 2.75) is 13.5 Å². The molecule has 0 saturated heterocycles. The van der Waals surface area contributed by atoms with E-state index < -0.39 is 0 Å². The molecule has 0 aliphatic carbocycles. The second-order valence-corrected chi connectivity index (χ2v) is 3.65. The molecule has 0 aliphatic heterocycles. The number of pyridine rings is 1. The summed E-state index contributed by atoms with van der Waals surface area (Å²) in [6.45, 7) is 6.53. The van der Waals surface area contributed by atoms with Gasteiger partial charge >= 0.3 is 0 Å². The number of rotatable bonds is 5. The van der Waals surface area contributed by atoms with E-state index in [1.807, 2.05) is 6.92 Å². The average molecular weight is 235 g/mol. The molecule has 1 heterocycles. The van der Waals surface area contributed by atoms with Crippen LogP contribution < -0.4 is 11.3 Å². The highest BCUT2D eigenvalue weighted by Crippen LogP contribution is 1.98. The van der Waals surface area contributed by atoms with Crippen molar-refractivity contribution >= 4 is 11.6 Å². The van der Waals surface area contributed by atoms with Gasteiger partial charge in [-0.2, -0.15) is 0 Å². The van der Waals surface area contributed by atoms with Crippen LogP contribution in [0.1, 0.15) is 6.92 Å². The molecule has 1 rings (SSSR count). The molecule has 0 unspecified atom stereocenters. The Morgan fingerprint density at radius 3 is 2.88 bits per heavy atom. The molecule has 1 aromatic heterocycles. The van der Waals surface area contributed by atoms with E-state index in [-0.39, 0.29) is 18.0 Å². The topological polar surface area (TPSA) is 68.3 Å². The number of hydrogen-bond acceptors (Lipinski definition) is 3. The van der Waals surface area contributed by atoms with Crippen LogP contribution in [0.2, 0.25) is 0 Å². The van der Waals surface area contributed by atoms with E-state index in [2.05, 4.69) is 6.58 Å². The summed E-state index contributed by atoms with van der Waals surface area (Å²) in [5.74, 6) is -0.125. The largest absolute Gasteiger partial charge is 0.398 e. The maximum absolute atomic E-state index is 11.9. The predicted octanol–water partition coefficient (Wildman–Crippen LogP) is 0.465. The molecule has 0 spiro atoms. The van der Waals surface area contributed by atoms with Gasteiger partial charge in [-0.15, -0.1) is 6.58 Å². The highest BCUT2D eigenvalue weighted by molar-refractivity contribution is 5.76. The van der Waals surface area contributed by atoms with E-state index in [1.54, 1.807) is 11.0 Å². The van der Waals surface area contributed by atoms with Gasteiger partial charge < -0.3 is 15.2 Å². The normalized spacial score (nSPS) is 9.94. The van der Waals surface area contributed by atoms with Crippen molar-refractivity contribution in [1.82, 2.24) is 9.47 Å². The Bertz CT molecular complexity index is 465. The fraction of sp³-hybridized carbons (Fsp3) is 0.333. The molecule has 2 N–H and O–H groups in total. The smallest absolute Gasteiger partial charge is 0.251 e. The second-order valence-electron chi connectivity index (χ2n) is 3.65. The molecular formula is C12H17N3O2. The molecule has 0 bridgehead atoms. The minimum Gasteiger partial charge on any atom is -0.398 e. The Labute approximate surface area is 100 Å². The fourth-order valence-electron chi connectivity index (χ4n) is 1.48. The quantitative estimate of drug-likeness (QED) is 0.754. The Morgan fingerprint density at radius 1 is 1.59 bits per heavy atom. The zero-order chi connectivity index (χ0) is 12.8. The van der Waals surface area contributed by atoms with Gasteiger partial charge in [0.15, 0.2) is 0 Å². The van der Waals surface area contributed by atoms with Gasteiger partial charge in [-0.25, -0.2) is 0 Å². The van der Waals surface area contributed by atoms with Crippen molar-refractivity contribution < 1.29 is 4.79 Å². The molecule has 0 atom stereocenters. The van der Waals surface area contributed by atoms with Gasteiger partial charge in [0.25, 0.3) is 5.56 Å². The minimum absolute atomic E-state index is 0.00551. The summed E-state index contributed by atoms with van der Waals surface area (Å²) in [5.41, 5.74) is 5.80. The number of nitrogens with two attached hydrogens (primary N) is 1. The minimum atomic E-state index is -0.234. The Kier molecular flexibility index (Phi) is 4.51. The summed E-state index contributed by atoms with van der Waals surface area (Å²) >= 11 is 0. The molecular weight excluding hydrogens is 218 g/mol. The number of likely N-dealkylation sites (N-methyl/N-ethyl adjacent to an activating group) is 1. The number of hydrogen-bond donors (Lipinski definition) is 1. The van der Waals surface area contributed by atoms with Crippen LogP contribution in [0.3, 0.4) is 0 Å². The molecule has 5 heteroatoms. The number of nitrogens with zero attached hydrogens (tertiary/aromatic N) is 2. The van der Waals surface area contributed by atoms with Crippen LogP contribution in [-0.4, -0.2) is 28.5 Å². The SMILES string of the molecule is C=CCN(CC)C(=O)Cn1cc(N)ccc1=O. The van der Waals surface area contributed by atoms with Gasteiger partial charge in [0.1, 0.15) is 6.54 Å². The molecule has 0 saturated carbocycles. The highest BCUT2D eigenvalue weighted by Gasteiger charge is 2.11. The summed E-state index contributed by atoms with van der Waals surface area (Å²) in [4.78, 5) is 25.0. The van der Waals surface area contributed by atoms with Crippen LogP contribution in [0.4, 0.5) is 5.69 Å². The van der Waals surface area contributed by atoms with E-state index >= 15 is 0 Å². The lowest BCUT2D eigenvalue weighted by atomic mass is 10.4. The standard InChI is InChI=1S/C12H17N3O2/c1-3-7-14(4-2)12(17)9-15-8-10(13)5-6-11(15)16/h3,5-6,8H,1,4,7,9,13H2,2H3. The number of aromatic nitrogens is 1. The third-order valence-electron chi connectivity index (χ3n) is 2.40. The van der Waals surface area contributed by atoms with Gasteiger partial charge in [-0.05, 0) is 13.0 Å². The van der Waals surface area contributed by atoms with Crippen LogP contribution in [-0.2, 0) is 11.3 Å². The number of amides is 1. The lowest BCUT2D eigenvalue weighted by Gasteiger charge is -2.19. The average Bonchev–Trinajstić information content (AvgIpc) is 2.30. The van der Waals surface area contributed by atoms with Gasteiger partial charge in [0, 0.05) is 31.0 Å². The Hall–Kier alpha value is -2.04. The number of carbonyl (C=O) groups excluding carboxylic acids is 1. The highest BCUT2D eigenvalue weighted by atomic mass is 16.2. The van der Waals surface area contributed by atoms with Gasteiger partial charge in [-0.1, -0.05) is 6.08 Å². The zero-order valence-corrected chi connectivity index (χ0v) is 9.93. The first kappa shape index (κ1) is 13.0. The van der Waals surface area contributed by atoms with E-state index in [9.17, 15) is 9.59 Å². The van der Waals surface area contributed by atoms with Crippen LogP contribution in [0.15, 0.2) is 35.8 Å². The molecule has 0 aromatic carbocycles. The summed E-state index contributed by atoms with van der Waals surface area (Å²) in [6.07, 6.45) is 3.13. The van der Waals surface area contributed by atoms with E-state index in [4.69, 9.17) is 5.73 Å². The molecule has 0 aliphatic rings. The lowest BCUT2D eigenvalue weighted by Crippen LogP contribution is -2.36. The molecule has 1 amide bonds. The van der Waals surface area contributed by atoms with Gasteiger partial charge in [0.2, 0.25) is 5.91 Å². The lowest BCUT2D eigenvalue weighted by molar-refractivity contribution is -0.131. The molecule has 1 aromatic rings. The van der Waals surface area contributed by atoms with E-state index in [1.165, 1.54) is 22.9 Å². The molecule has 17 heavy (non-hydrogen) atoms. The number of nitrogen functional groups attached to an aromatic ring is 1. The maximum Gasteiger partial charge on any atom is 0.251 e. The Morgan fingerprint density at radius 2 is 2.29 bits per heavy atom. The van der Waals surface area contributed by atoms with Crippen molar-refractivity contribution in [3.05, 3.63) is 41.3 Å². The van der Waals surface area contributed by atoms with Crippen molar-refractivity contribution in [1.29, 1.82) is 0 Å². The van der Waals surface area contributed by atoms with Crippen LogP contribution in [0, 0.1) is 0 Å². The molecule has 0 radical (unpaired) electrons. The van der Waals surface area contributed by atoms with Crippen molar-refractivity contribution in [3.63, 3.8) is 0 Å². The van der Waals surface area contributed by atoms with Crippen LogP contribution >= 0.6 is 0 Å². The fourth-order valence-corrected chi connectivity index (χ4v) is 1.48. The predicted molar refractivity (Wildman–Crippen MR) is 67.6 cm³/mol. The Balaban J connectivity index is 2.83. The van der Waals surface area contributed by atoms with Crippen molar-refractivity contribution in [2.75, 3.05) is 18.8 Å². The number of carbonyl (C=O) groups is 1. The first-order valence-electron chi connectivity index (χ1n) is 5.43. The summed E-state index contributed by atoms with van der Waals surface area (Å²) < 4.78 is 1.31. The monoisotopic (exact) mass is 235 g/mol. The first-order valence-corrected chi connectivity index (χ1v) is 5.43. The van der Waals surface area contributed by atoms with Crippen molar-refractivity contribution in [3.8, 4) is 0 Å². The number of anilines is 1. The van der Waals surface area contributed by atoms with Crippen LogP contribution in [0.25, 0.3) is 0 Å². The van der Waals surface area contributed by atoms with E-state index in [0.717, 1.165) is 0 Å². The van der Waals surface area contributed by atoms with Gasteiger partial charge in [0.05, 0.1) is 0 Å². The third-order valence-corrected chi connectivity index (χ3v) is 2.40. The van der Waals surface area contributed by atoms with Crippen LogP contribution in [0.5, 0.6) is 0 Å².